The lowest BCUT2D eigenvalue weighted by molar-refractivity contribution is -0.384. The van der Waals surface area contributed by atoms with Crippen molar-refractivity contribution in [2.75, 3.05) is 5.43 Å². The number of ether oxygens (including phenoxy) is 1. The number of carboxylic acids is 1. The first kappa shape index (κ1) is 22.7. The van der Waals surface area contributed by atoms with E-state index in [9.17, 15) is 14.9 Å². The lowest BCUT2D eigenvalue weighted by atomic mass is 10.1. The van der Waals surface area contributed by atoms with Crippen molar-refractivity contribution in [3.05, 3.63) is 95.5 Å². The Morgan fingerprint density at radius 3 is 2.45 bits per heavy atom. The molecule has 0 aliphatic heterocycles. The summed E-state index contributed by atoms with van der Waals surface area (Å²) in [5.41, 5.74) is 5.38. The van der Waals surface area contributed by atoms with Crippen LogP contribution in [0.1, 0.15) is 21.5 Å². The lowest BCUT2D eigenvalue weighted by Gasteiger charge is -2.11. The van der Waals surface area contributed by atoms with Gasteiger partial charge in [0.05, 0.1) is 30.4 Å². The predicted octanol–water partition coefficient (Wildman–Crippen LogP) is 5.69. The number of non-ortho nitro benzene ring substituents is 1. The molecule has 0 fully saturated rings. The molecular formula is C21H15BrIN3O5. The van der Waals surface area contributed by atoms with E-state index in [0.29, 0.717) is 18.0 Å². The molecule has 10 heteroatoms. The largest absolute Gasteiger partial charge is 0.487 e. The third-order valence-electron chi connectivity index (χ3n) is 4.09. The smallest absolute Gasteiger partial charge is 0.335 e. The Bertz CT molecular complexity index is 1110. The molecule has 0 spiro atoms. The van der Waals surface area contributed by atoms with Crippen LogP contribution in [0.25, 0.3) is 0 Å². The molecule has 158 valence electrons. The third kappa shape index (κ3) is 6.25. The molecule has 0 radical (unpaired) electrons. The predicted molar refractivity (Wildman–Crippen MR) is 129 cm³/mol. The zero-order chi connectivity index (χ0) is 22.4. The fraction of sp³-hybridized carbons (Fsp3) is 0.0476. The second-order valence-electron chi connectivity index (χ2n) is 6.28. The highest BCUT2D eigenvalue weighted by atomic mass is 127. The number of halogens is 2. The summed E-state index contributed by atoms with van der Waals surface area (Å²) in [5, 5.41) is 23.8. The van der Waals surface area contributed by atoms with Crippen LogP contribution in [-0.4, -0.2) is 22.2 Å². The van der Waals surface area contributed by atoms with E-state index in [1.165, 1.54) is 12.1 Å². The third-order valence-corrected chi connectivity index (χ3v) is 5.48. The summed E-state index contributed by atoms with van der Waals surface area (Å²) in [5.74, 6) is -0.298. The first-order valence-electron chi connectivity index (χ1n) is 8.81. The fourth-order valence-electron chi connectivity index (χ4n) is 2.53. The van der Waals surface area contributed by atoms with Gasteiger partial charge in [-0.1, -0.05) is 12.1 Å². The van der Waals surface area contributed by atoms with Crippen LogP contribution in [0.2, 0.25) is 0 Å². The van der Waals surface area contributed by atoms with Gasteiger partial charge in [-0.15, -0.1) is 0 Å². The molecule has 0 unspecified atom stereocenters. The first-order valence-corrected chi connectivity index (χ1v) is 10.7. The summed E-state index contributed by atoms with van der Waals surface area (Å²) in [6, 6.07) is 16.2. The van der Waals surface area contributed by atoms with E-state index >= 15 is 0 Å². The highest BCUT2D eigenvalue weighted by Crippen LogP contribution is 2.32. The molecule has 3 rings (SSSR count). The van der Waals surface area contributed by atoms with Gasteiger partial charge in [-0.2, -0.15) is 5.10 Å². The second kappa shape index (κ2) is 10.4. The van der Waals surface area contributed by atoms with Gasteiger partial charge >= 0.3 is 5.97 Å². The number of nitrogens with one attached hydrogen (secondary N) is 1. The van der Waals surface area contributed by atoms with Crippen LogP contribution in [0.5, 0.6) is 5.75 Å². The number of aromatic carboxylic acids is 1. The number of hydrazone groups is 1. The van der Waals surface area contributed by atoms with Gasteiger partial charge in [-0.3, -0.25) is 15.5 Å². The number of carbonyl (C=O) groups is 1. The van der Waals surface area contributed by atoms with Crippen LogP contribution in [0, 0.1) is 13.7 Å². The molecule has 0 saturated carbocycles. The minimum absolute atomic E-state index is 0.0152. The van der Waals surface area contributed by atoms with Crippen LogP contribution in [-0.2, 0) is 6.61 Å². The number of nitro benzene ring substituents is 1. The Labute approximate surface area is 199 Å². The zero-order valence-electron chi connectivity index (χ0n) is 15.8. The summed E-state index contributed by atoms with van der Waals surface area (Å²) in [6.07, 6.45) is 1.63. The van der Waals surface area contributed by atoms with E-state index in [4.69, 9.17) is 9.84 Å². The molecule has 8 nitrogen and oxygen atoms in total. The number of nitrogens with zero attached hydrogens (tertiary/aromatic N) is 2. The summed E-state index contributed by atoms with van der Waals surface area (Å²) in [4.78, 5) is 21.2. The molecule has 0 saturated heterocycles. The van der Waals surface area contributed by atoms with E-state index in [-0.39, 0.29) is 11.3 Å². The quantitative estimate of drug-likeness (QED) is 0.150. The number of benzene rings is 3. The topological polar surface area (TPSA) is 114 Å². The summed E-state index contributed by atoms with van der Waals surface area (Å²) >= 11 is 5.67. The molecule has 2 N–H and O–H groups in total. The monoisotopic (exact) mass is 595 g/mol. The van der Waals surface area contributed by atoms with Gasteiger partial charge in [0.15, 0.2) is 0 Å². The normalized spacial score (nSPS) is 10.8. The second-order valence-corrected chi connectivity index (χ2v) is 8.29. The molecule has 0 amide bonds. The van der Waals surface area contributed by atoms with E-state index in [1.807, 2.05) is 12.1 Å². The van der Waals surface area contributed by atoms with Crippen LogP contribution in [0.4, 0.5) is 11.4 Å². The van der Waals surface area contributed by atoms with Crippen LogP contribution in [0.3, 0.4) is 0 Å². The maximum absolute atomic E-state index is 10.9. The maximum Gasteiger partial charge on any atom is 0.335 e. The van der Waals surface area contributed by atoms with Crippen LogP contribution < -0.4 is 10.2 Å². The minimum Gasteiger partial charge on any atom is -0.487 e. The Hall–Kier alpha value is -2.99. The number of hydrogen-bond donors (Lipinski definition) is 2. The van der Waals surface area contributed by atoms with Crippen LogP contribution >= 0.6 is 38.5 Å². The summed E-state index contributed by atoms with van der Waals surface area (Å²) in [6.45, 7) is 0.295. The van der Waals surface area contributed by atoms with Gasteiger partial charge in [-0.25, -0.2) is 4.79 Å². The average Bonchev–Trinajstić information content (AvgIpc) is 2.74. The highest BCUT2D eigenvalue weighted by Gasteiger charge is 2.10. The van der Waals surface area contributed by atoms with Crippen molar-refractivity contribution in [3.63, 3.8) is 0 Å². The zero-order valence-corrected chi connectivity index (χ0v) is 19.5. The van der Waals surface area contributed by atoms with E-state index in [0.717, 1.165) is 19.2 Å². The van der Waals surface area contributed by atoms with Gasteiger partial charge in [0.2, 0.25) is 0 Å². The van der Waals surface area contributed by atoms with Crippen LogP contribution in [0.15, 0.2) is 70.2 Å². The summed E-state index contributed by atoms with van der Waals surface area (Å²) in [7, 11) is 0. The van der Waals surface area contributed by atoms with Gasteiger partial charge in [0, 0.05) is 12.1 Å². The van der Waals surface area contributed by atoms with Gasteiger partial charge in [0.1, 0.15) is 12.4 Å². The molecule has 3 aromatic rings. The molecule has 0 aromatic heterocycles. The molecule has 0 bridgehead atoms. The minimum atomic E-state index is -0.968. The Morgan fingerprint density at radius 1 is 1.19 bits per heavy atom. The van der Waals surface area contributed by atoms with E-state index in [2.05, 4.69) is 49.0 Å². The summed E-state index contributed by atoms with van der Waals surface area (Å²) < 4.78 is 7.51. The molecule has 0 aliphatic rings. The molecular weight excluding hydrogens is 581 g/mol. The number of anilines is 1. The molecule has 0 atom stereocenters. The Morgan fingerprint density at radius 2 is 1.87 bits per heavy atom. The average molecular weight is 596 g/mol. The van der Waals surface area contributed by atoms with Crippen molar-refractivity contribution in [1.29, 1.82) is 0 Å². The van der Waals surface area contributed by atoms with E-state index in [1.54, 1.807) is 42.6 Å². The standard InChI is InChI=1S/C21H15BrIN3O5/c22-18-9-14(11-24-25-16-5-7-17(8-6-16)26(29)30)10-19(23)20(18)31-12-13-1-3-15(4-2-13)21(27)28/h1-11,25H,12H2,(H,27,28)/b24-11+. The van der Waals surface area contributed by atoms with Gasteiger partial charge in [-0.05, 0) is 86.0 Å². The van der Waals surface area contributed by atoms with Crippen molar-refractivity contribution >= 4 is 62.1 Å². The number of carboxylic acid groups (broad SMARTS) is 1. The molecule has 0 heterocycles. The Balaban J connectivity index is 1.63. The van der Waals surface area contributed by atoms with Gasteiger partial charge in [0.25, 0.3) is 5.69 Å². The molecule has 31 heavy (non-hydrogen) atoms. The SMILES string of the molecule is O=C(O)c1ccc(COc2c(Br)cc(/C=N/Nc3ccc([N+](=O)[O-])cc3)cc2I)cc1. The Kier molecular flexibility index (Phi) is 7.58. The molecule has 0 aliphatic carbocycles. The van der Waals surface area contributed by atoms with Crippen molar-refractivity contribution in [2.24, 2.45) is 5.10 Å². The van der Waals surface area contributed by atoms with E-state index < -0.39 is 10.9 Å². The van der Waals surface area contributed by atoms with Crippen molar-refractivity contribution in [3.8, 4) is 5.75 Å². The highest BCUT2D eigenvalue weighted by molar-refractivity contribution is 14.1. The van der Waals surface area contributed by atoms with Gasteiger partial charge < -0.3 is 9.84 Å². The molecule has 3 aromatic carbocycles. The van der Waals surface area contributed by atoms with Crippen molar-refractivity contribution in [1.82, 2.24) is 0 Å². The fourth-order valence-corrected chi connectivity index (χ4v) is 4.30. The number of nitro groups is 1. The number of rotatable bonds is 8. The maximum atomic E-state index is 10.9. The van der Waals surface area contributed by atoms with Crippen molar-refractivity contribution < 1.29 is 19.6 Å². The van der Waals surface area contributed by atoms with Crippen molar-refractivity contribution in [2.45, 2.75) is 6.61 Å². The first-order chi connectivity index (χ1) is 14.8. The number of hydrogen-bond acceptors (Lipinski definition) is 6. The lowest BCUT2D eigenvalue weighted by Crippen LogP contribution is -2.01.